The summed E-state index contributed by atoms with van der Waals surface area (Å²) in [6, 6.07) is 15.7. The average Bonchev–Trinajstić information content (AvgIpc) is 3.08. The Labute approximate surface area is 128 Å². The van der Waals surface area contributed by atoms with E-state index < -0.39 is 0 Å². The van der Waals surface area contributed by atoms with E-state index in [-0.39, 0.29) is 0 Å². The van der Waals surface area contributed by atoms with E-state index in [1.807, 2.05) is 0 Å². The van der Waals surface area contributed by atoms with Crippen molar-refractivity contribution in [3.63, 3.8) is 0 Å². The molecule has 0 heterocycles. The molecule has 0 aliphatic heterocycles. The van der Waals surface area contributed by atoms with E-state index in [1.54, 1.807) is 30.3 Å². The van der Waals surface area contributed by atoms with Crippen LogP contribution in [0.15, 0.2) is 60.7 Å². The van der Waals surface area contributed by atoms with Gasteiger partial charge < -0.3 is 0 Å². The van der Waals surface area contributed by atoms with Crippen molar-refractivity contribution in [1.82, 2.24) is 0 Å². The Bertz CT molecular complexity index is 722. The summed E-state index contributed by atoms with van der Waals surface area (Å²) in [6.07, 6.45) is 7.76. The predicted octanol–water partition coefficient (Wildman–Crippen LogP) is 4.65. The van der Waals surface area contributed by atoms with Gasteiger partial charge >= 0.3 is 129 Å². The van der Waals surface area contributed by atoms with Crippen molar-refractivity contribution in [2.75, 3.05) is 0 Å². The summed E-state index contributed by atoms with van der Waals surface area (Å²) >= 11 is 1.58. The van der Waals surface area contributed by atoms with Crippen molar-refractivity contribution in [2.24, 2.45) is 0 Å². The van der Waals surface area contributed by atoms with E-state index in [4.69, 9.17) is 0 Å². The van der Waals surface area contributed by atoms with Gasteiger partial charge in [0.2, 0.25) is 0 Å². The number of hydrogen-bond acceptors (Lipinski definition) is 0. The minimum atomic E-state index is 0.594. The van der Waals surface area contributed by atoms with E-state index in [1.165, 1.54) is 27.8 Å². The second-order valence-corrected chi connectivity index (χ2v) is 6.53. The first-order valence-corrected chi connectivity index (χ1v) is 8.07. The molecule has 89 valence electrons. The Hall–Kier alpha value is -1.20. The topological polar surface area (TPSA) is 0 Å². The first kappa shape index (κ1) is 11.6. The summed E-state index contributed by atoms with van der Waals surface area (Å²) in [5, 5.41) is 0. The van der Waals surface area contributed by atoms with Gasteiger partial charge in [0.1, 0.15) is 0 Å². The van der Waals surface area contributed by atoms with Crippen LogP contribution in [0.2, 0.25) is 0 Å². The van der Waals surface area contributed by atoms with Crippen molar-refractivity contribution in [1.29, 1.82) is 0 Å². The first-order chi connectivity index (χ1) is 9.36. The third-order valence-electron chi connectivity index (χ3n) is 4.07. The van der Waals surface area contributed by atoms with Gasteiger partial charge in [-0.05, 0) is 0 Å². The molecule has 0 bridgehead atoms. The molecule has 0 aromatic heterocycles. The minimum absolute atomic E-state index is 0.594. The molecule has 2 aliphatic carbocycles. The van der Waals surface area contributed by atoms with Crippen LogP contribution in [-0.2, 0) is 24.7 Å². The summed E-state index contributed by atoms with van der Waals surface area (Å²) in [6.45, 7) is 0. The van der Waals surface area contributed by atoms with Gasteiger partial charge in [-0.3, -0.25) is 0 Å². The first-order valence-electron chi connectivity index (χ1n) is 6.65. The van der Waals surface area contributed by atoms with Crippen LogP contribution in [-0.4, -0.2) is 0 Å². The van der Waals surface area contributed by atoms with Crippen molar-refractivity contribution < 1.29 is 24.7 Å². The fourth-order valence-electron chi connectivity index (χ4n) is 3.19. The van der Waals surface area contributed by atoms with Crippen LogP contribution >= 0.6 is 0 Å². The van der Waals surface area contributed by atoms with Crippen molar-refractivity contribution in [3.05, 3.63) is 77.4 Å². The van der Waals surface area contributed by atoms with Crippen LogP contribution in [0.25, 0.3) is 16.7 Å². The molecule has 0 saturated heterocycles. The zero-order valence-electron chi connectivity index (χ0n) is 10.6. The van der Waals surface area contributed by atoms with Crippen molar-refractivity contribution in [3.8, 4) is 11.1 Å². The molecule has 1 atom stereocenters. The average molecular weight is 321 g/mol. The standard InChI is InChI=1S/C18H13.Zr/c1-2-7-13(6-1)15-10-5-11-17-16-9-4-3-8-14(16)12-18(15)17;/h1-6,8-12H,7H2;. The van der Waals surface area contributed by atoms with Gasteiger partial charge in [0.25, 0.3) is 0 Å². The van der Waals surface area contributed by atoms with Crippen LogP contribution in [0.3, 0.4) is 0 Å². The number of rotatable bonds is 1. The number of fused-ring (bicyclic) bond motifs is 3. The molecule has 1 unspecified atom stereocenters. The summed E-state index contributed by atoms with van der Waals surface area (Å²) in [7, 11) is 0. The Morgan fingerprint density at radius 3 is 2.53 bits per heavy atom. The Morgan fingerprint density at radius 2 is 1.68 bits per heavy atom. The van der Waals surface area contributed by atoms with E-state index in [0.717, 1.165) is 6.42 Å². The Balaban J connectivity index is 1.97. The zero-order valence-corrected chi connectivity index (χ0v) is 13.0. The van der Waals surface area contributed by atoms with Gasteiger partial charge in [-0.15, -0.1) is 0 Å². The molecular formula is C18H13Zr. The van der Waals surface area contributed by atoms with Crippen LogP contribution in [0, 0.1) is 0 Å². The van der Waals surface area contributed by atoms with Gasteiger partial charge in [0.15, 0.2) is 0 Å². The zero-order chi connectivity index (χ0) is 12.8. The second kappa shape index (κ2) is 4.42. The quantitative estimate of drug-likeness (QED) is 0.717. The molecule has 2 aromatic carbocycles. The van der Waals surface area contributed by atoms with Gasteiger partial charge in [-0.2, -0.15) is 0 Å². The van der Waals surface area contributed by atoms with Gasteiger partial charge in [0.05, 0.1) is 0 Å². The molecule has 0 nitrogen and oxygen atoms in total. The fourth-order valence-corrected chi connectivity index (χ4v) is 4.57. The second-order valence-electron chi connectivity index (χ2n) is 5.11. The fraction of sp³-hybridized carbons (Fsp3) is 0.111. The predicted molar refractivity (Wildman–Crippen MR) is 75.5 cm³/mol. The molecule has 1 heteroatoms. The SMILES string of the molecule is [Zr][CH]1c2ccccc2-c2cccc(C3=CC=CC3)c21. The van der Waals surface area contributed by atoms with Crippen LogP contribution in [0.5, 0.6) is 0 Å². The van der Waals surface area contributed by atoms with E-state index in [0.29, 0.717) is 3.63 Å². The molecule has 2 aromatic rings. The summed E-state index contributed by atoms with van der Waals surface area (Å²) in [5.41, 5.74) is 8.87. The van der Waals surface area contributed by atoms with E-state index in [2.05, 4.69) is 60.7 Å². The van der Waals surface area contributed by atoms with Crippen LogP contribution in [0.1, 0.15) is 26.7 Å². The van der Waals surface area contributed by atoms with Crippen molar-refractivity contribution in [2.45, 2.75) is 10.0 Å². The summed E-state index contributed by atoms with van der Waals surface area (Å²) < 4.78 is 0.594. The molecular weight excluding hydrogens is 307 g/mol. The number of hydrogen-bond donors (Lipinski definition) is 0. The maximum absolute atomic E-state index is 2.29. The Kier molecular flexibility index (Phi) is 2.70. The molecule has 0 spiro atoms. The molecule has 0 saturated carbocycles. The number of benzene rings is 2. The molecule has 0 N–H and O–H groups in total. The van der Waals surface area contributed by atoms with Crippen LogP contribution < -0.4 is 0 Å². The van der Waals surface area contributed by atoms with E-state index >= 15 is 0 Å². The third kappa shape index (κ3) is 1.68. The summed E-state index contributed by atoms with van der Waals surface area (Å²) in [4.78, 5) is 0. The van der Waals surface area contributed by atoms with Crippen molar-refractivity contribution >= 4 is 5.57 Å². The molecule has 0 amide bonds. The monoisotopic (exact) mass is 319 g/mol. The summed E-state index contributed by atoms with van der Waals surface area (Å²) in [5.74, 6) is 0. The molecule has 19 heavy (non-hydrogen) atoms. The Morgan fingerprint density at radius 1 is 0.895 bits per heavy atom. The van der Waals surface area contributed by atoms with Gasteiger partial charge in [0, 0.05) is 0 Å². The number of allylic oxidation sites excluding steroid dienone is 4. The van der Waals surface area contributed by atoms with Crippen LogP contribution in [0.4, 0.5) is 0 Å². The molecule has 0 fully saturated rings. The molecule has 4 rings (SSSR count). The third-order valence-corrected chi connectivity index (χ3v) is 5.55. The molecule has 0 radical (unpaired) electrons. The van der Waals surface area contributed by atoms with Gasteiger partial charge in [-0.25, -0.2) is 0 Å². The van der Waals surface area contributed by atoms with E-state index in [9.17, 15) is 0 Å². The maximum atomic E-state index is 2.29. The molecule has 2 aliphatic rings. The normalized spacial score (nSPS) is 19.1. The van der Waals surface area contributed by atoms with Gasteiger partial charge in [-0.1, -0.05) is 0 Å².